The summed E-state index contributed by atoms with van der Waals surface area (Å²) in [6, 6.07) is 29.5. The number of aliphatic hydroxyl groups is 1. The van der Waals surface area contributed by atoms with Gasteiger partial charge in [0.15, 0.2) is 11.4 Å². The first-order valence-corrected chi connectivity index (χ1v) is 18.6. The fourth-order valence-corrected chi connectivity index (χ4v) is 7.66. The van der Waals surface area contributed by atoms with Crippen LogP contribution in [0.15, 0.2) is 120 Å². The lowest BCUT2D eigenvalue weighted by atomic mass is 10.0. The van der Waals surface area contributed by atoms with Crippen LogP contribution in [-0.2, 0) is 44.4 Å². The molecule has 2 heterocycles. The fraction of sp³-hybridized carbons (Fsp3) is 0.270. The van der Waals surface area contributed by atoms with Gasteiger partial charge in [0.05, 0.1) is 23.7 Å². The highest BCUT2D eigenvalue weighted by molar-refractivity contribution is 7.99. The van der Waals surface area contributed by atoms with Crippen LogP contribution in [0.5, 0.6) is 0 Å². The molecule has 4 atom stereocenters. The van der Waals surface area contributed by atoms with E-state index in [1.54, 1.807) is 42.4 Å². The number of anilines is 1. The third-order valence-corrected chi connectivity index (χ3v) is 11.0. The highest BCUT2D eigenvalue weighted by atomic mass is 32.2. The minimum absolute atomic E-state index is 0.0387. The highest BCUT2D eigenvalue weighted by Crippen LogP contribution is 2.39. The molecule has 5 aromatic rings. The van der Waals surface area contributed by atoms with E-state index >= 15 is 0 Å². The highest BCUT2D eigenvalue weighted by Gasteiger charge is 2.33. The molecule has 4 unspecified atom stereocenters. The van der Waals surface area contributed by atoms with Crippen LogP contribution in [0.2, 0.25) is 0 Å². The van der Waals surface area contributed by atoms with Gasteiger partial charge in [-0.25, -0.2) is 8.42 Å². The number of aromatic nitrogens is 3. The molecule has 13 heteroatoms. The van der Waals surface area contributed by atoms with E-state index in [4.69, 9.17) is 9.47 Å². The van der Waals surface area contributed by atoms with Crippen molar-refractivity contribution in [2.45, 2.75) is 61.0 Å². The van der Waals surface area contributed by atoms with E-state index in [1.165, 1.54) is 12.1 Å². The van der Waals surface area contributed by atoms with E-state index in [0.717, 1.165) is 33.0 Å². The number of carbonyl (C=O) groups is 1. The number of nitrogens with one attached hydrogen (secondary N) is 2. The zero-order chi connectivity index (χ0) is 35.1. The Morgan fingerprint density at radius 1 is 0.940 bits per heavy atom. The molecule has 1 aromatic heterocycles. The number of sulfonamides is 1. The summed E-state index contributed by atoms with van der Waals surface area (Å²) in [4.78, 5) is 13.7. The zero-order valence-electron chi connectivity index (χ0n) is 27.7. The maximum Gasteiger partial charge on any atom is 0.242 e. The molecule has 50 heavy (non-hydrogen) atoms. The second kappa shape index (κ2) is 16.1. The molecule has 3 N–H and O–H groups in total. The summed E-state index contributed by atoms with van der Waals surface area (Å²) >= 11 is 1.56. The topological polar surface area (TPSA) is 145 Å². The second-order valence-electron chi connectivity index (χ2n) is 12.2. The predicted octanol–water partition coefficient (Wildman–Crippen LogP) is 5.48. The minimum atomic E-state index is -3.98. The number of rotatable bonds is 13. The molecule has 0 saturated carbocycles. The number of nitrogens with zero attached hydrogens (tertiary/aromatic N) is 3. The number of carbonyl (C=O) groups excluding carboxylic acids is 1. The number of hydrogen-bond acceptors (Lipinski definition) is 9. The molecule has 1 aliphatic heterocycles. The lowest BCUT2D eigenvalue weighted by molar-refractivity contribution is -0.245. The Balaban J connectivity index is 1.18. The van der Waals surface area contributed by atoms with Gasteiger partial charge in [-0.2, -0.15) is 4.72 Å². The largest absolute Gasteiger partial charge is 0.392 e. The summed E-state index contributed by atoms with van der Waals surface area (Å²) in [7, 11) is -2.09. The third-order valence-electron chi connectivity index (χ3n) is 8.36. The van der Waals surface area contributed by atoms with E-state index in [1.807, 2.05) is 85.3 Å². The number of aliphatic hydroxyl groups excluding tert-OH is 1. The average molecular weight is 714 g/mol. The number of aryl methyl sites for hydroxylation is 2. The molecule has 1 fully saturated rings. The maximum atomic E-state index is 13.6. The van der Waals surface area contributed by atoms with Crippen molar-refractivity contribution < 1.29 is 27.8 Å². The quantitative estimate of drug-likeness (QED) is 0.135. The fourth-order valence-electron chi connectivity index (χ4n) is 5.56. The molecule has 11 nitrogen and oxygen atoms in total. The Hall–Kier alpha value is -4.37. The van der Waals surface area contributed by atoms with Gasteiger partial charge in [-0.05, 0) is 54.3 Å². The monoisotopic (exact) mass is 713 g/mol. The van der Waals surface area contributed by atoms with Gasteiger partial charge in [0.25, 0.3) is 0 Å². The molecule has 4 aromatic carbocycles. The van der Waals surface area contributed by atoms with Gasteiger partial charge in [-0.15, -0.1) is 10.2 Å². The van der Waals surface area contributed by atoms with Crippen LogP contribution >= 0.6 is 11.8 Å². The summed E-state index contributed by atoms with van der Waals surface area (Å²) in [5, 5.41) is 21.3. The molecule has 260 valence electrons. The number of thioether (sulfide) groups is 1. The standard InChI is InChI=1S/C37H39N5O6S2/c1-25-8-18-32(19-9-25)50(45,46)41-33(20-26-6-4-3-5-7-26)35(44)39-30-16-14-29(15-17-30)36-47-31(23-49-37-40-38-24-42(37)2)21-34(48-36)28-12-10-27(22-43)11-13-28/h3-19,24,31,33-34,36,41,43H,20-23H2,1-2H3,(H,39,44). The Bertz CT molecular complexity index is 1970. The van der Waals surface area contributed by atoms with Gasteiger partial charge in [0.1, 0.15) is 12.4 Å². The zero-order valence-corrected chi connectivity index (χ0v) is 29.3. The number of amides is 1. The third kappa shape index (κ3) is 9.04. The van der Waals surface area contributed by atoms with Crippen LogP contribution in [-0.4, -0.2) is 52.1 Å². The summed E-state index contributed by atoms with van der Waals surface area (Å²) in [5.41, 5.74) is 4.79. The van der Waals surface area contributed by atoms with Crippen molar-refractivity contribution in [3.63, 3.8) is 0 Å². The van der Waals surface area contributed by atoms with Gasteiger partial charge in [0.2, 0.25) is 15.9 Å². The van der Waals surface area contributed by atoms with Crippen molar-refractivity contribution in [3.8, 4) is 0 Å². The van der Waals surface area contributed by atoms with Crippen molar-refractivity contribution in [3.05, 3.63) is 137 Å². The Labute approximate surface area is 296 Å². The molecule has 0 aliphatic carbocycles. The van der Waals surface area contributed by atoms with Crippen molar-refractivity contribution in [2.75, 3.05) is 11.1 Å². The van der Waals surface area contributed by atoms with Gasteiger partial charge >= 0.3 is 0 Å². The molecule has 1 aliphatic rings. The van der Waals surface area contributed by atoms with E-state index in [9.17, 15) is 18.3 Å². The van der Waals surface area contributed by atoms with Crippen LogP contribution in [0, 0.1) is 6.92 Å². The summed E-state index contributed by atoms with van der Waals surface area (Å²) in [5.74, 6) is 0.141. The first kappa shape index (κ1) is 35.5. The number of ether oxygens (including phenoxy) is 2. The molecule has 1 saturated heterocycles. The summed E-state index contributed by atoms with van der Waals surface area (Å²) in [6.07, 6.45) is 1.32. The van der Waals surface area contributed by atoms with Gasteiger partial charge < -0.3 is 24.5 Å². The molecule has 0 bridgehead atoms. The molecule has 0 spiro atoms. The van der Waals surface area contributed by atoms with Crippen LogP contribution in [0.25, 0.3) is 0 Å². The van der Waals surface area contributed by atoms with Gasteiger partial charge in [-0.3, -0.25) is 4.79 Å². The van der Waals surface area contributed by atoms with Crippen molar-refractivity contribution >= 4 is 33.4 Å². The Morgan fingerprint density at radius 3 is 2.30 bits per heavy atom. The van der Waals surface area contributed by atoms with E-state index < -0.39 is 28.3 Å². The SMILES string of the molecule is Cc1ccc(S(=O)(=O)NC(Cc2ccccc2)C(=O)Nc2ccc(C3OC(CSc4nncn4C)CC(c4ccc(CO)cc4)O3)cc2)cc1. The van der Waals surface area contributed by atoms with E-state index in [0.29, 0.717) is 17.9 Å². The van der Waals surface area contributed by atoms with Crippen LogP contribution < -0.4 is 10.0 Å². The van der Waals surface area contributed by atoms with Crippen LogP contribution in [0.1, 0.15) is 46.6 Å². The average Bonchev–Trinajstić information content (AvgIpc) is 3.55. The molecule has 1 amide bonds. The van der Waals surface area contributed by atoms with E-state index in [2.05, 4.69) is 20.2 Å². The van der Waals surface area contributed by atoms with Crippen molar-refractivity contribution in [1.29, 1.82) is 0 Å². The summed E-state index contributed by atoms with van der Waals surface area (Å²) < 4.78 is 44.0. The lowest BCUT2D eigenvalue weighted by Crippen LogP contribution is -2.45. The Morgan fingerprint density at radius 2 is 1.64 bits per heavy atom. The van der Waals surface area contributed by atoms with E-state index in [-0.39, 0.29) is 30.1 Å². The first-order valence-electron chi connectivity index (χ1n) is 16.2. The van der Waals surface area contributed by atoms with Crippen LogP contribution in [0.3, 0.4) is 0 Å². The molecular formula is C37H39N5O6S2. The molecule has 0 radical (unpaired) electrons. The normalized spacial score (nSPS) is 18.4. The van der Waals surface area contributed by atoms with Gasteiger partial charge in [0, 0.05) is 30.5 Å². The predicted molar refractivity (Wildman–Crippen MR) is 191 cm³/mol. The Kier molecular flexibility index (Phi) is 11.4. The molecular weight excluding hydrogens is 675 g/mol. The second-order valence-corrected chi connectivity index (χ2v) is 14.9. The number of benzene rings is 4. The number of hydrogen-bond donors (Lipinski definition) is 3. The van der Waals surface area contributed by atoms with Gasteiger partial charge in [-0.1, -0.05) is 96.2 Å². The summed E-state index contributed by atoms with van der Waals surface area (Å²) in [6.45, 7) is 1.84. The lowest BCUT2D eigenvalue weighted by Gasteiger charge is -2.36. The molecule has 6 rings (SSSR count). The minimum Gasteiger partial charge on any atom is -0.392 e. The van der Waals surface area contributed by atoms with Crippen LogP contribution in [0.4, 0.5) is 5.69 Å². The first-order chi connectivity index (χ1) is 24.2. The van der Waals surface area contributed by atoms with Crippen molar-refractivity contribution in [1.82, 2.24) is 19.5 Å². The maximum absolute atomic E-state index is 13.6. The smallest absolute Gasteiger partial charge is 0.242 e. The van der Waals surface area contributed by atoms with Crippen molar-refractivity contribution in [2.24, 2.45) is 7.05 Å².